The topological polar surface area (TPSA) is 57.6 Å². The van der Waals surface area contributed by atoms with Gasteiger partial charge in [-0.15, -0.1) is 0 Å². The number of sulfonamides is 1. The Morgan fingerprint density at radius 1 is 1.10 bits per heavy atom. The molecule has 0 bridgehead atoms. The highest BCUT2D eigenvalue weighted by atomic mass is 32.2. The second kappa shape index (κ2) is 6.07. The largest absolute Gasteiger partial charge is 0.391 e. The average Bonchev–Trinajstić information content (AvgIpc) is 2.36. The monoisotopic (exact) mass is 311 g/mol. The van der Waals surface area contributed by atoms with E-state index in [0.29, 0.717) is 11.3 Å². The van der Waals surface area contributed by atoms with E-state index in [4.69, 9.17) is 0 Å². The number of rotatable bonds is 3. The van der Waals surface area contributed by atoms with E-state index in [0.717, 1.165) is 36.0 Å². The van der Waals surface area contributed by atoms with Crippen LogP contribution in [0.4, 0.5) is 0 Å². The van der Waals surface area contributed by atoms with Crippen molar-refractivity contribution in [2.45, 2.75) is 63.5 Å². The third-order valence-corrected chi connectivity index (χ3v) is 6.59. The summed E-state index contributed by atoms with van der Waals surface area (Å²) in [6, 6.07) is 3.47. The van der Waals surface area contributed by atoms with Crippen molar-refractivity contribution in [2.75, 3.05) is 7.05 Å². The minimum absolute atomic E-state index is 0.316. The van der Waals surface area contributed by atoms with Crippen molar-refractivity contribution in [3.8, 4) is 0 Å². The molecule has 2 atom stereocenters. The van der Waals surface area contributed by atoms with Gasteiger partial charge in [-0.1, -0.05) is 30.5 Å². The molecule has 0 spiro atoms. The lowest BCUT2D eigenvalue weighted by Crippen LogP contribution is -2.46. The van der Waals surface area contributed by atoms with E-state index in [1.807, 2.05) is 32.9 Å². The normalized spacial score (nSPS) is 23.5. The van der Waals surface area contributed by atoms with Crippen LogP contribution in [0.1, 0.15) is 42.4 Å². The molecule has 1 aromatic rings. The Labute approximate surface area is 127 Å². The number of hydrogen-bond acceptors (Lipinski definition) is 3. The van der Waals surface area contributed by atoms with Crippen molar-refractivity contribution in [1.29, 1.82) is 0 Å². The van der Waals surface area contributed by atoms with E-state index >= 15 is 0 Å². The smallest absolute Gasteiger partial charge is 0.243 e. The maximum atomic E-state index is 12.9. The number of aliphatic hydroxyl groups excluding tert-OH is 1. The Hall–Kier alpha value is -0.910. The number of aliphatic hydroxyl groups is 1. The lowest BCUT2D eigenvalue weighted by molar-refractivity contribution is 0.0637. The molecule has 2 rings (SSSR count). The third-order valence-electron chi connectivity index (χ3n) is 4.40. The molecule has 0 aromatic heterocycles. The first-order valence-electron chi connectivity index (χ1n) is 7.49. The maximum Gasteiger partial charge on any atom is 0.243 e. The highest BCUT2D eigenvalue weighted by Gasteiger charge is 2.35. The first kappa shape index (κ1) is 16.5. The first-order chi connectivity index (χ1) is 9.75. The van der Waals surface area contributed by atoms with Gasteiger partial charge in [-0.3, -0.25) is 0 Å². The molecule has 0 saturated heterocycles. The Morgan fingerprint density at radius 3 is 2.14 bits per heavy atom. The number of hydrogen-bond donors (Lipinski definition) is 1. The zero-order valence-corrected chi connectivity index (χ0v) is 14.1. The summed E-state index contributed by atoms with van der Waals surface area (Å²) in [7, 11) is -1.99. The van der Waals surface area contributed by atoms with Gasteiger partial charge < -0.3 is 5.11 Å². The van der Waals surface area contributed by atoms with Crippen molar-refractivity contribution in [3.63, 3.8) is 0 Å². The van der Waals surface area contributed by atoms with Crippen molar-refractivity contribution >= 4 is 10.0 Å². The molecular formula is C16H25NO3S. The van der Waals surface area contributed by atoms with Gasteiger partial charge in [0.25, 0.3) is 0 Å². The highest BCUT2D eigenvalue weighted by molar-refractivity contribution is 7.89. The fraction of sp³-hybridized carbons (Fsp3) is 0.625. The lowest BCUT2D eigenvalue weighted by Gasteiger charge is -2.35. The molecule has 5 heteroatoms. The van der Waals surface area contributed by atoms with E-state index in [2.05, 4.69) is 0 Å². The summed E-state index contributed by atoms with van der Waals surface area (Å²) in [5.74, 6) is 0. The van der Waals surface area contributed by atoms with Gasteiger partial charge in [-0.25, -0.2) is 8.42 Å². The minimum Gasteiger partial charge on any atom is -0.391 e. The molecule has 1 aliphatic rings. The molecule has 0 aliphatic heterocycles. The van der Waals surface area contributed by atoms with Gasteiger partial charge in [0, 0.05) is 7.05 Å². The SMILES string of the molecule is Cc1cc(C)c(S(=O)(=O)N(C)[C@@H]2CCCC[C@@H]2O)c(C)c1. The van der Waals surface area contributed by atoms with E-state index < -0.39 is 16.1 Å². The van der Waals surface area contributed by atoms with Crippen molar-refractivity contribution in [2.24, 2.45) is 0 Å². The van der Waals surface area contributed by atoms with Gasteiger partial charge >= 0.3 is 0 Å². The summed E-state index contributed by atoms with van der Waals surface area (Å²) >= 11 is 0. The van der Waals surface area contributed by atoms with Crippen LogP contribution in [0.5, 0.6) is 0 Å². The summed E-state index contributed by atoms with van der Waals surface area (Å²) in [6.07, 6.45) is 2.77. The zero-order valence-electron chi connectivity index (χ0n) is 13.3. The van der Waals surface area contributed by atoms with Gasteiger partial charge in [-0.2, -0.15) is 4.31 Å². The molecule has 0 heterocycles. The van der Waals surface area contributed by atoms with Crippen molar-refractivity contribution in [1.82, 2.24) is 4.31 Å². The molecule has 0 amide bonds. The fourth-order valence-corrected chi connectivity index (χ4v) is 5.23. The van der Waals surface area contributed by atoms with Crippen LogP contribution in [0, 0.1) is 20.8 Å². The molecule has 0 radical (unpaired) electrons. The quantitative estimate of drug-likeness (QED) is 0.933. The number of nitrogens with zero attached hydrogens (tertiary/aromatic N) is 1. The van der Waals surface area contributed by atoms with Crippen LogP contribution in [-0.2, 0) is 10.0 Å². The van der Waals surface area contributed by atoms with Crippen LogP contribution in [0.25, 0.3) is 0 Å². The summed E-state index contributed by atoms with van der Waals surface area (Å²) in [5, 5.41) is 10.1. The van der Waals surface area contributed by atoms with Gasteiger partial charge in [0.2, 0.25) is 10.0 Å². The highest BCUT2D eigenvalue weighted by Crippen LogP contribution is 2.30. The Morgan fingerprint density at radius 2 is 1.62 bits per heavy atom. The first-order valence-corrected chi connectivity index (χ1v) is 8.93. The lowest BCUT2D eigenvalue weighted by atomic mass is 9.93. The van der Waals surface area contributed by atoms with Gasteiger partial charge in [-0.05, 0) is 44.7 Å². The maximum absolute atomic E-state index is 12.9. The van der Waals surface area contributed by atoms with Crippen LogP contribution in [-0.4, -0.2) is 37.0 Å². The number of likely N-dealkylation sites (N-methyl/N-ethyl adjacent to an activating group) is 1. The summed E-state index contributed by atoms with van der Waals surface area (Å²) in [6.45, 7) is 5.63. The van der Waals surface area contributed by atoms with E-state index in [-0.39, 0.29) is 6.04 Å². The van der Waals surface area contributed by atoms with Crippen LogP contribution < -0.4 is 0 Å². The van der Waals surface area contributed by atoms with E-state index in [9.17, 15) is 13.5 Å². The molecule has 1 aromatic carbocycles. The molecule has 4 nitrogen and oxygen atoms in total. The second-order valence-electron chi connectivity index (χ2n) is 6.17. The van der Waals surface area contributed by atoms with Gasteiger partial charge in [0.15, 0.2) is 0 Å². The second-order valence-corrected chi connectivity index (χ2v) is 8.10. The predicted octanol–water partition coefficient (Wildman–Crippen LogP) is 2.54. The molecule has 1 fully saturated rings. The van der Waals surface area contributed by atoms with Crippen LogP contribution in [0.3, 0.4) is 0 Å². The Balaban J connectivity index is 2.42. The fourth-order valence-electron chi connectivity index (χ4n) is 3.41. The van der Waals surface area contributed by atoms with Crippen LogP contribution in [0.2, 0.25) is 0 Å². The van der Waals surface area contributed by atoms with Gasteiger partial charge in [0.1, 0.15) is 0 Å². The standard InChI is InChI=1S/C16H25NO3S/c1-11-9-12(2)16(13(3)10-11)21(19,20)17(4)14-7-5-6-8-15(14)18/h9-10,14-15,18H,5-8H2,1-4H3/t14-,15+/m1/s1. The van der Waals surface area contributed by atoms with E-state index in [1.165, 1.54) is 4.31 Å². The van der Waals surface area contributed by atoms with E-state index in [1.54, 1.807) is 7.05 Å². The summed E-state index contributed by atoms with van der Waals surface area (Å²) < 4.78 is 27.3. The Kier molecular flexibility index (Phi) is 4.76. The minimum atomic E-state index is -3.58. The Bertz CT molecular complexity index is 601. The molecule has 1 aliphatic carbocycles. The molecule has 0 unspecified atom stereocenters. The van der Waals surface area contributed by atoms with Crippen LogP contribution in [0.15, 0.2) is 17.0 Å². The molecule has 1 N–H and O–H groups in total. The molecule has 1 saturated carbocycles. The van der Waals surface area contributed by atoms with Crippen molar-refractivity contribution < 1.29 is 13.5 Å². The molecular weight excluding hydrogens is 286 g/mol. The van der Waals surface area contributed by atoms with Crippen LogP contribution >= 0.6 is 0 Å². The molecule has 21 heavy (non-hydrogen) atoms. The molecule has 118 valence electrons. The van der Waals surface area contributed by atoms with Crippen molar-refractivity contribution in [3.05, 3.63) is 28.8 Å². The third kappa shape index (κ3) is 3.15. The zero-order chi connectivity index (χ0) is 15.8. The average molecular weight is 311 g/mol. The predicted molar refractivity (Wildman–Crippen MR) is 83.9 cm³/mol. The summed E-state index contributed by atoms with van der Waals surface area (Å²) in [4.78, 5) is 0.383. The summed E-state index contributed by atoms with van der Waals surface area (Å²) in [5.41, 5.74) is 2.60. The van der Waals surface area contributed by atoms with Gasteiger partial charge in [0.05, 0.1) is 17.0 Å². The number of aryl methyl sites for hydroxylation is 3. The number of benzene rings is 1.